The highest BCUT2D eigenvalue weighted by molar-refractivity contribution is 5.38. The minimum atomic E-state index is -1.26. The molecule has 20 heavy (non-hydrogen) atoms. The zero-order valence-corrected chi connectivity index (χ0v) is 11.2. The van der Waals surface area contributed by atoms with Gasteiger partial charge in [-0.3, -0.25) is 14.8 Å². The lowest BCUT2D eigenvalue weighted by Crippen LogP contribution is -2.43. The second-order valence-corrected chi connectivity index (χ2v) is 5.40. The Bertz CT molecular complexity index is 525. The average molecular weight is 283 g/mol. The van der Waals surface area contributed by atoms with Gasteiger partial charge in [0, 0.05) is 19.9 Å². The second-order valence-electron chi connectivity index (χ2n) is 5.40. The molecule has 1 saturated carbocycles. The summed E-state index contributed by atoms with van der Waals surface area (Å²) in [4.78, 5) is 10.6. The number of ether oxygens (including phenoxy) is 2. The van der Waals surface area contributed by atoms with Gasteiger partial charge >= 0.3 is 5.69 Å². The smallest absolute Gasteiger partial charge is 0.313 e. The lowest BCUT2D eigenvalue weighted by Gasteiger charge is -2.40. The van der Waals surface area contributed by atoms with Gasteiger partial charge in [-0.1, -0.05) is 0 Å². The Balaban J connectivity index is 1.87. The van der Waals surface area contributed by atoms with Crippen molar-refractivity contribution >= 4 is 5.69 Å². The highest BCUT2D eigenvalue weighted by atomic mass is 16.7. The van der Waals surface area contributed by atoms with Crippen LogP contribution in [0, 0.1) is 10.1 Å². The SMILES string of the molecule is Cn1ncc([N+](=O)[O-])c1C1(O)CCC2(CC1)OCCO2. The summed E-state index contributed by atoms with van der Waals surface area (Å²) in [5.74, 6) is -0.612. The molecule has 110 valence electrons. The first-order valence-corrected chi connectivity index (χ1v) is 6.63. The van der Waals surface area contributed by atoms with Crippen LogP contribution in [0.3, 0.4) is 0 Å². The molecule has 0 unspecified atom stereocenters. The van der Waals surface area contributed by atoms with Crippen LogP contribution in [0.15, 0.2) is 6.20 Å². The number of nitro groups is 1. The first kappa shape index (κ1) is 13.5. The van der Waals surface area contributed by atoms with E-state index in [1.165, 1.54) is 10.9 Å². The number of aliphatic hydroxyl groups is 1. The van der Waals surface area contributed by atoms with Crippen LogP contribution in [0.25, 0.3) is 0 Å². The molecule has 2 fully saturated rings. The molecular formula is C12H17N3O5. The Labute approximate surface area is 115 Å². The Hall–Kier alpha value is -1.51. The standard InChI is InChI=1S/C12H17N3O5/c1-14-10(9(8-13-14)15(17)18)11(16)2-4-12(5-3-11)19-6-7-20-12/h8,16H,2-7H2,1H3. The molecule has 1 aliphatic heterocycles. The first-order chi connectivity index (χ1) is 9.46. The van der Waals surface area contributed by atoms with E-state index in [2.05, 4.69) is 5.10 Å². The van der Waals surface area contributed by atoms with Crippen LogP contribution < -0.4 is 0 Å². The molecule has 1 spiro atoms. The molecule has 0 aromatic carbocycles. The number of aromatic nitrogens is 2. The van der Waals surface area contributed by atoms with E-state index in [-0.39, 0.29) is 11.4 Å². The number of nitrogens with zero attached hydrogens (tertiary/aromatic N) is 3. The zero-order valence-electron chi connectivity index (χ0n) is 11.2. The van der Waals surface area contributed by atoms with E-state index >= 15 is 0 Å². The highest BCUT2D eigenvalue weighted by Gasteiger charge is 2.49. The Morgan fingerprint density at radius 1 is 1.35 bits per heavy atom. The zero-order chi connectivity index (χ0) is 14.4. The van der Waals surface area contributed by atoms with E-state index in [4.69, 9.17) is 9.47 Å². The number of hydrogen-bond acceptors (Lipinski definition) is 6. The van der Waals surface area contributed by atoms with E-state index in [9.17, 15) is 15.2 Å². The van der Waals surface area contributed by atoms with Crippen molar-refractivity contribution < 1.29 is 19.5 Å². The first-order valence-electron chi connectivity index (χ1n) is 6.63. The maximum Gasteiger partial charge on any atom is 0.313 e. The minimum absolute atomic E-state index is 0.140. The third-order valence-electron chi connectivity index (χ3n) is 4.21. The molecule has 1 saturated heterocycles. The maximum absolute atomic E-state index is 11.1. The second kappa shape index (κ2) is 4.51. The molecule has 2 heterocycles. The van der Waals surface area contributed by atoms with E-state index in [1.807, 2.05) is 0 Å². The summed E-state index contributed by atoms with van der Waals surface area (Å²) in [7, 11) is 1.60. The van der Waals surface area contributed by atoms with Crippen LogP contribution in [0.4, 0.5) is 5.69 Å². The summed E-state index contributed by atoms with van der Waals surface area (Å²) in [6.45, 7) is 1.12. The predicted molar refractivity (Wildman–Crippen MR) is 66.9 cm³/mol. The molecule has 8 heteroatoms. The molecule has 0 bridgehead atoms. The Morgan fingerprint density at radius 3 is 2.50 bits per heavy atom. The summed E-state index contributed by atoms with van der Waals surface area (Å²) in [5, 5.41) is 25.8. The van der Waals surface area contributed by atoms with Crippen LogP contribution in [0.1, 0.15) is 31.4 Å². The van der Waals surface area contributed by atoms with Gasteiger partial charge in [0.15, 0.2) is 5.79 Å². The molecular weight excluding hydrogens is 266 g/mol. The molecule has 0 atom stereocenters. The third-order valence-corrected chi connectivity index (χ3v) is 4.21. The van der Waals surface area contributed by atoms with Crippen molar-refractivity contribution in [3.8, 4) is 0 Å². The predicted octanol–water partition coefficient (Wildman–Crippen LogP) is 0.833. The molecule has 0 amide bonds. The molecule has 1 aromatic heterocycles. The van der Waals surface area contributed by atoms with Gasteiger partial charge in [0.1, 0.15) is 17.5 Å². The van der Waals surface area contributed by atoms with Gasteiger partial charge in [0.2, 0.25) is 0 Å². The number of hydrogen-bond donors (Lipinski definition) is 1. The molecule has 8 nitrogen and oxygen atoms in total. The van der Waals surface area contributed by atoms with Gasteiger partial charge < -0.3 is 14.6 Å². The quantitative estimate of drug-likeness (QED) is 0.637. The monoisotopic (exact) mass is 283 g/mol. The minimum Gasteiger partial charge on any atom is -0.383 e. The largest absolute Gasteiger partial charge is 0.383 e. The van der Waals surface area contributed by atoms with Gasteiger partial charge in [-0.25, -0.2) is 0 Å². The van der Waals surface area contributed by atoms with Crippen LogP contribution in [-0.2, 0) is 22.1 Å². The van der Waals surface area contributed by atoms with Gasteiger partial charge in [0.05, 0.1) is 18.1 Å². The fourth-order valence-corrected chi connectivity index (χ4v) is 3.17. The summed E-state index contributed by atoms with van der Waals surface area (Å²) in [6.07, 6.45) is 2.93. The molecule has 3 rings (SSSR count). The van der Waals surface area contributed by atoms with E-state index in [0.717, 1.165) is 0 Å². The molecule has 1 aliphatic carbocycles. The van der Waals surface area contributed by atoms with Crippen molar-refractivity contribution in [2.24, 2.45) is 7.05 Å². The number of aryl methyl sites for hydroxylation is 1. The summed E-state index contributed by atoms with van der Waals surface area (Å²) in [5.41, 5.74) is -1.14. The molecule has 2 aliphatic rings. The van der Waals surface area contributed by atoms with Gasteiger partial charge in [-0.05, 0) is 12.8 Å². The van der Waals surface area contributed by atoms with Crippen molar-refractivity contribution in [2.45, 2.75) is 37.1 Å². The van der Waals surface area contributed by atoms with Crippen molar-refractivity contribution in [1.29, 1.82) is 0 Å². The maximum atomic E-state index is 11.1. The fourth-order valence-electron chi connectivity index (χ4n) is 3.17. The molecule has 1 N–H and O–H groups in total. The van der Waals surface area contributed by atoms with Crippen LogP contribution >= 0.6 is 0 Å². The summed E-state index contributed by atoms with van der Waals surface area (Å²) >= 11 is 0. The third kappa shape index (κ3) is 2.00. The summed E-state index contributed by atoms with van der Waals surface area (Å²) in [6, 6.07) is 0. The van der Waals surface area contributed by atoms with Crippen molar-refractivity contribution in [1.82, 2.24) is 9.78 Å². The topological polar surface area (TPSA) is 99.7 Å². The molecule has 0 radical (unpaired) electrons. The number of rotatable bonds is 2. The van der Waals surface area contributed by atoms with Gasteiger partial charge in [-0.15, -0.1) is 0 Å². The Morgan fingerprint density at radius 2 is 1.95 bits per heavy atom. The van der Waals surface area contributed by atoms with Crippen LogP contribution in [0.2, 0.25) is 0 Å². The van der Waals surface area contributed by atoms with Crippen molar-refractivity contribution in [3.63, 3.8) is 0 Å². The fraction of sp³-hybridized carbons (Fsp3) is 0.750. The van der Waals surface area contributed by atoms with Crippen molar-refractivity contribution in [2.75, 3.05) is 13.2 Å². The van der Waals surface area contributed by atoms with Crippen molar-refractivity contribution in [3.05, 3.63) is 22.0 Å². The lowest BCUT2D eigenvalue weighted by atomic mass is 9.79. The van der Waals surface area contributed by atoms with E-state index in [1.54, 1.807) is 7.05 Å². The van der Waals surface area contributed by atoms with Crippen LogP contribution in [0.5, 0.6) is 0 Å². The van der Waals surface area contributed by atoms with Gasteiger partial charge in [0.25, 0.3) is 0 Å². The van der Waals surface area contributed by atoms with Gasteiger partial charge in [-0.2, -0.15) is 5.10 Å². The highest BCUT2D eigenvalue weighted by Crippen LogP contribution is 2.46. The lowest BCUT2D eigenvalue weighted by molar-refractivity contribution is -0.387. The Kier molecular flexibility index (Phi) is 3.03. The van der Waals surface area contributed by atoms with E-state index in [0.29, 0.717) is 38.9 Å². The van der Waals surface area contributed by atoms with E-state index < -0.39 is 16.3 Å². The average Bonchev–Trinajstić information content (AvgIpc) is 3.01. The molecule has 1 aromatic rings. The summed E-state index contributed by atoms with van der Waals surface area (Å²) < 4.78 is 12.6. The normalized spacial score (nSPS) is 24.1. The van der Waals surface area contributed by atoms with Crippen LogP contribution in [-0.4, -0.2) is 38.8 Å².